The molecule has 1 N–H and O–H groups in total. The molecule has 0 saturated carbocycles. The molecular weight excluding hydrogens is 290 g/mol. The molecule has 2 aliphatic heterocycles. The summed E-state index contributed by atoms with van der Waals surface area (Å²) in [5.74, 6) is 0.821. The lowest BCUT2D eigenvalue weighted by Gasteiger charge is -2.27. The van der Waals surface area contributed by atoms with Gasteiger partial charge in [0.1, 0.15) is 4.99 Å². The molecule has 1 aromatic rings. The van der Waals surface area contributed by atoms with E-state index in [1.54, 1.807) is 0 Å². The third kappa shape index (κ3) is 2.19. The molecule has 20 heavy (non-hydrogen) atoms. The van der Waals surface area contributed by atoms with E-state index >= 15 is 0 Å². The fourth-order valence-corrected chi connectivity index (χ4v) is 2.98. The topological polar surface area (TPSA) is 36.9 Å². The number of aliphatic imine (C=N–C) groups is 1. The highest BCUT2D eigenvalue weighted by Gasteiger charge is 2.50. The van der Waals surface area contributed by atoms with Gasteiger partial charge in [-0.15, -0.1) is 0 Å². The van der Waals surface area contributed by atoms with Crippen LogP contribution >= 0.6 is 24.4 Å². The molecule has 1 atom stereocenters. The molecule has 2 aliphatic rings. The Morgan fingerprint density at radius 2 is 2.15 bits per heavy atom. The molecule has 0 radical (unpaired) electrons. The number of benzene rings is 1. The van der Waals surface area contributed by atoms with Crippen LogP contribution < -0.4 is 5.32 Å². The van der Waals surface area contributed by atoms with Crippen LogP contribution in [0, 0.1) is 0 Å². The summed E-state index contributed by atoms with van der Waals surface area (Å²) in [6.45, 7) is 3.56. The van der Waals surface area contributed by atoms with E-state index in [9.17, 15) is 0 Å². The van der Waals surface area contributed by atoms with E-state index in [1.165, 1.54) is 0 Å². The number of para-hydroxylation sites is 1. The quantitative estimate of drug-likeness (QED) is 0.850. The maximum Gasteiger partial charge on any atom is 0.266 e. The van der Waals surface area contributed by atoms with Gasteiger partial charge in [0.25, 0.3) is 5.17 Å². The second-order valence-corrected chi connectivity index (χ2v) is 5.69. The van der Waals surface area contributed by atoms with Crippen molar-refractivity contribution >= 4 is 46.1 Å². The number of nitrogens with zero attached hydrogens (tertiary/aromatic N) is 2. The molecule has 0 spiro atoms. The van der Waals surface area contributed by atoms with Gasteiger partial charge >= 0.3 is 0 Å². The molecule has 3 rings (SSSR count). The number of amidine groups is 1. The Balaban J connectivity index is 1.86. The lowest BCUT2D eigenvalue weighted by Crippen LogP contribution is -2.48. The van der Waals surface area contributed by atoms with Crippen LogP contribution in [-0.4, -0.2) is 39.6 Å². The van der Waals surface area contributed by atoms with E-state index in [2.05, 4.69) is 10.3 Å². The highest BCUT2D eigenvalue weighted by Crippen LogP contribution is 2.30. The summed E-state index contributed by atoms with van der Waals surface area (Å²) in [7, 11) is 0. The van der Waals surface area contributed by atoms with Crippen LogP contribution in [0.3, 0.4) is 0 Å². The zero-order valence-corrected chi connectivity index (χ0v) is 12.8. The molecule has 2 heterocycles. The average molecular weight is 305 g/mol. The predicted molar refractivity (Wildman–Crippen MR) is 88.4 cm³/mol. The minimum absolute atomic E-state index is 0.461. The van der Waals surface area contributed by atoms with Gasteiger partial charge in [-0.1, -0.05) is 30.4 Å². The van der Waals surface area contributed by atoms with Crippen LogP contribution in [-0.2, 0) is 4.74 Å². The summed E-state index contributed by atoms with van der Waals surface area (Å²) in [6, 6.07) is 9.80. The number of anilines is 1. The Morgan fingerprint density at radius 1 is 1.40 bits per heavy atom. The standard InChI is InChI=1S/C14H15N3OS2/c1-14(12(19)16-10-6-3-2-4-7-10)11-15-8-5-9-17(11)13(20)18-14/h2-4,6-7H,5,8-9H2,1H3,(H,16,19). The Hall–Kier alpha value is -1.53. The Bertz CT molecular complexity index is 587. The third-order valence-electron chi connectivity index (χ3n) is 3.46. The van der Waals surface area contributed by atoms with Crippen LogP contribution in [0.4, 0.5) is 5.69 Å². The van der Waals surface area contributed by atoms with Crippen LogP contribution in [0.25, 0.3) is 0 Å². The molecule has 0 aromatic heterocycles. The third-order valence-corrected chi connectivity index (χ3v) is 4.26. The molecule has 1 saturated heterocycles. The molecule has 0 amide bonds. The molecule has 1 aromatic carbocycles. The van der Waals surface area contributed by atoms with E-state index in [4.69, 9.17) is 29.2 Å². The maximum absolute atomic E-state index is 5.85. The summed E-state index contributed by atoms with van der Waals surface area (Å²) in [6.07, 6.45) is 0.988. The Morgan fingerprint density at radius 3 is 2.90 bits per heavy atom. The zero-order valence-electron chi connectivity index (χ0n) is 11.1. The predicted octanol–water partition coefficient (Wildman–Crippen LogP) is 2.60. The minimum Gasteiger partial charge on any atom is -0.449 e. The first-order chi connectivity index (χ1) is 9.61. The number of rotatable bonds is 2. The summed E-state index contributed by atoms with van der Waals surface area (Å²) in [4.78, 5) is 7.08. The van der Waals surface area contributed by atoms with Gasteiger partial charge < -0.3 is 10.1 Å². The van der Waals surface area contributed by atoms with Crippen LogP contribution in [0.1, 0.15) is 13.3 Å². The van der Waals surface area contributed by atoms with Crippen molar-refractivity contribution in [3.8, 4) is 0 Å². The molecule has 0 aliphatic carbocycles. The second kappa shape index (κ2) is 5.10. The van der Waals surface area contributed by atoms with E-state index < -0.39 is 5.60 Å². The molecule has 1 fully saturated rings. The van der Waals surface area contributed by atoms with E-state index in [0.29, 0.717) is 10.2 Å². The van der Waals surface area contributed by atoms with Crippen molar-refractivity contribution in [2.75, 3.05) is 18.4 Å². The van der Waals surface area contributed by atoms with Gasteiger partial charge in [-0.05, 0) is 37.7 Å². The van der Waals surface area contributed by atoms with Crippen LogP contribution in [0.5, 0.6) is 0 Å². The number of hydrogen-bond acceptors (Lipinski definition) is 4. The molecule has 1 unspecified atom stereocenters. The van der Waals surface area contributed by atoms with Crippen LogP contribution in [0.15, 0.2) is 35.3 Å². The van der Waals surface area contributed by atoms with Gasteiger partial charge in [-0.25, -0.2) is 0 Å². The molecule has 104 valence electrons. The molecular formula is C14H15N3OS2. The number of ether oxygens (including phenoxy) is 1. The minimum atomic E-state index is -0.775. The molecule has 4 nitrogen and oxygen atoms in total. The van der Waals surface area contributed by atoms with Crippen LogP contribution in [0.2, 0.25) is 0 Å². The zero-order chi connectivity index (χ0) is 14.2. The summed E-state index contributed by atoms with van der Waals surface area (Å²) < 4.78 is 5.85. The van der Waals surface area contributed by atoms with Crippen molar-refractivity contribution in [3.05, 3.63) is 30.3 Å². The van der Waals surface area contributed by atoms with Gasteiger partial charge in [-0.3, -0.25) is 9.89 Å². The van der Waals surface area contributed by atoms with E-state index in [-0.39, 0.29) is 0 Å². The summed E-state index contributed by atoms with van der Waals surface area (Å²) >= 11 is 10.8. The Labute approximate surface area is 128 Å². The normalized spacial score (nSPS) is 24.8. The SMILES string of the molecule is CC1(C(=S)Nc2ccccc2)OC(=S)N2CCCN=C21. The first-order valence-electron chi connectivity index (χ1n) is 6.53. The van der Waals surface area contributed by atoms with E-state index in [0.717, 1.165) is 31.0 Å². The van der Waals surface area contributed by atoms with Crippen molar-refractivity contribution < 1.29 is 4.74 Å². The first-order valence-corrected chi connectivity index (χ1v) is 7.35. The molecule has 0 bridgehead atoms. The average Bonchev–Trinajstić information content (AvgIpc) is 2.74. The highest BCUT2D eigenvalue weighted by atomic mass is 32.1. The summed E-state index contributed by atoms with van der Waals surface area (Å²) in [5.41, 5.74) is 0.158. The van der Waals surface area contributed by atoms with Crippen molar-refractivity contribution in [2.45, 2.75) is 18.9 Å². The van der Waals surface area contributed by atoms with E-state index in [1.807, 2.05) is 42.2 Å². The lowest BCUT2D eigenvalue weighted by molar-refractivity contribution is 0.239. The van der Waals surface area contributed by atoms with Gasteiger partial charge in [0, 0.05) is 18.8 Å². The van der Waals surface area contributed by atoms with Crippen molar-refractivity contribution in [2.24, 2.45) is 4.99 Å². The number of fused-ring (bicyclic) bond motifs is 1. The van der Waals surface area contributed by atoms with Gasteiger partial charge in [-0.2, -0.15) is 0 Å². The van der Waals surface area contributed by atoms with Crippen molar-refractivity contribution in [1.82, 2.24) is 4.90 Å². The Kier molecular flexibility index (Phi) is 3.43. The summed E-state index contributed by atoms with van der Waals surface area (Å²) in [5, 5.41) is 3.68. The first kappa shape index (κ1) is 13.5. The fraction of sp³-hybridized carbons (Fsp3) is 0.357. The maximum atomic E-state index is 5.85. The number of nitrogens with one attached hydrogen (secondary N) is 1. The van der Waals surface area contributed by atoms with Crippen molar-refractivity contribution in [3.63, 3.8) is 0 Å². The van der Waals surface area contributed by atoms with Gasteiger partial charge in [0.2, 0.25) is 5.60 Å². The monoisotopic (exact) mass is 305 g/mol. The van der Waals surface area contributed by atoms with Gasteiger partial charge in [0.05, 0.1) is 0 Å². The highest BCUT2D eigenvalue weighted by molar-refractivity contribution is 7.81. The van der Waals surface area contributed by atoms with Crippen molar-refractivity contribution in [1.29, 1.82) is 0 Å². The molecule has 6 heteroatoms. The fourth-order valence-electron chi connectivity index (χ4n) is 2.39. The largest absolute Gasteiger partial charge is 0.449 e. The van der Waals surface area contributed by atoms with Gasteiger partial charge in [0.15, 0.2) is 5.84 Å². The second-order valence-electron chi connectivity index (χ2n) is 4.93. The number of hydrogen-bond donors (Lipinski definition) is 1. The lowest BCUT2D eigenvalue weighted by atomic mass is 10.0. The number of thiocarbonyl (C=S) groups is 2. The smallest absolute Gasteiger partial charge is 0.266 e.